The van der Waals surface area contributed by atoms with E-state index in [1.807, 2.05) is 31.2 Å². The number of amides is 3. The summed E-state index contributed by atoms with van der Waals surface area (Å²) in [6, 6.07) is 7.65. The first-order valence-electron chi connectivity index (χ1n) is 9.19. The third-order valence-electron chi connectivity index (χ3n) is 5.57. The zero-order valence-electron chi connectivity index (χ0n) is 15.0. The number of benzene rings is 1. The van der Waals surface area contributed by atoms with Gasteiger partial charge in [-0.15, -0.1) is 0 Å². The van der Waals surface area contributed by atoms with Crippen molar-refractivity contribution in [3.63, 3.8) is 0 Å². The second-order valence-electron chi connectivity index (χ2n) is 7.23. The van der Waals surface area contributed by atoms with Gasteiger partial charge < -0.3 is 16.0 Å². The molecule has 25 heavy (non-hydrogen) atoms. The van der Waals surface area contributed by atoms with Gasteiger partial charge in [-0.05, 0) is 63.4 Å². The summed E-state index contributed by atoms with van der Waals surface area (Å²) in [7, 11) is 0. The molecule has 1 aromatic rings. The van der Waals surface area contributed by atoms with Crippen LogP contribution in [0.4, 0.5) is 10.5 Å². The fraction of sp³-hybridized carbons (Fsp3) is 0.579. The van der Waals surface area contributed by atoms with Crippen LogP contribution in [0.5, 0.6) is 0 Å². The zero-order valence-corrected chi connectivity index (χ0v) is 15.0. The quantitative estimate of drug-likeness (QED) is 0.883. The number of urea groups is 1. The summed E-state index contributed by atoms with van der Waals surface area (Å²) in [6.45, 7) is 4.96. The van der Waals surface area contributed by atoms with E-state index in [1.165, 1.54) is 6.42 Å². The lowest BCUT2D eigenvalue weighted by Crippen LogP contribution is -2.64. The first-order chi connectivity index (χ1) is 12.0. The number of nitrogens with two attached hydrogens (primary N) is 1. The first-order valence-corrected chi connectivity index (χ1v) is 9.19. The van der Waals surface area contributed by atoms with Crippen molar-refractivity contribution in [2.24, 2.45) is 5.73 Å². The number of anilines is 1. The maximum absolute atomic E-state index is 12.5. The highest BCUT2D eigenvalue weighted by Crippen LogP contribution is 2.31. The summed E-state index contributed by atoms with van der Waals surface area (Å²) < 4.78 is 0. The summed E-state index contributed by atoms with van der Waals surface area (Å²) in [5.41, 5.74) is 7.12. The van der Waals surface area contributed by atoms with Gasteiger partial charge in [-0.3, -0.25) is 9.69 Å². The van der Waals surface area contributed by atoms with Crippen molar-refractivity contribution in [3.8, 4) is 0 Å². The minimum Gasteiger partial charge on any atom is -0.368 e. The Hall–Kier alpha value is -2.08. The average molecular weight is 344 g/mol. The van der Waals surface area contributed by atoms with Gasteiger partial charge in [-0.1, -0.05) is 18.6 Å². The van der Waals surface area contributed by atoms with Crippen molar-refractivity contribution in [1.82, 2.24) is 9.80 Å². The molecule has 3 amide bonds. The van der Waals surface area contributed by atoms with Crippen LogP contribution in [0.25, 0.3) is 0 Å². The van der Waals surface area contributed by atoms with E-state index in [4.69, 9.17) is 5.73 Å². The SMILES string of the molecule is Cc1cccc(NC(=O)N2CCC(C(N)=O)(N3CCCCC3)CC2)c1. The van der Waals surface area contributed by atoms with Crippen LogP contribution in [0.1, 0.15) is 37.7 Å². The number of likely N-dealkylation sites (tertiary alicyclic amines) is 2. The number of aryl methyl sites for hydroxylation is 1. The summed E-state index contributed by atoms with van der Waals surface area (Å²) in [4.78, 5) is 28.8. The highest BCUT2D eigenvalue weighted by molar-refractivity contribution is 5.90. The predicted molar refractivity (Wildman–Crippen MR) is 98.4 cm³/mol. The van der Waals surface area contributed by atoms with Gasteiger partial charge in [0.2, 0.25) is 5.91 Å². The molecule has 3 N–H and O–H groups in total. The number of primary amides is 1. The lowest BCUT2D eigenvalue weighted by Gasteiger charge is -2.48. The Morgan fingerprint density at radius 3 is 2.36 bits per heavy atom. The molecule has 0 aliphatic carbocycles. The standard InChI is InChI=1S/C19H28N4O2/c1-15-6-5-7-16(14-15)21-18(25)22-12-8-19(9-13-22,17(20)24)23-10-3-2-4-11-23/h5-7,14H,2-4,8-13H2,1H3,(H2,20,24)(H,21,25). The number of hydrogen-bond donors (Lipinski definition) is 2. The van der Waals surface area contributed by atoms with Gasteiger partial charge in [0.05, 0.1) is 0 Å². The highest BCUT2D eigenvalue weighted by atomic mass is 16.2. The second kappa shape index (κ2) is 7.44. The van der Waals surface area contributed by atoms with Crippen LogP contribution in [0, 0.1) is 6.92 Å². The maximum atomic E-state index is 12.5. The van der Waals surface area contributed by atoms with Crippen LogP contribution < -0.4 is 11.1 Å². The molecule has 2 aliphatic heterocycles. The van der Waals surface area contributed by atoms with E-state index in [0.717, 1.165) is 37.2 Å². The molecule has 0 aromatic heterocycles. The van der Waals surface area contributed by atoms with Crippen LogP contribution >= 0.6 is 0 Å². The van der Waals surface area contributed by atoms with Crippen LogP contribution in [0.15, 0.2) is 24.3 Å². The van der Waals surface area contributed by atoms with Crippen LogP contribution in [-0.4, -0.2) is 53.5 Å². The molecule has 2 saturated heterocycles. The van der Waals surface area contributed by atoms with Crippen molar-refractivity contribution in [2.75, 3.05) is 31.5 Å². The molecule has 2 fully saturated rings. The van der Waals surface area contributed by atoms with Crippen molar-refractivity contribution in [3.05, 3.63) is 29.8 Å². The van der Waals surface area contributed by atoms with Gasteiger partial charge in [-0.25, -0.2) is 4.79 Å². The van der Waals surface area contributed by atoms with E-state index < -0.39 is 5.54 Å². The molecule has 0 bridgehead atoms. The maximum Gasteiger partial charge on any atom is 0.321 e. The Labute approximate surface area is 149 Å². The van der Waals surface area contributed by atoms with Crippen LogP contribution in [0.3, 0.4) is 0 Å². The minimum atomic E-state index is -0.583. The number of piperidine rings is 2. The molecule has 0 spiro atoms. The third-order valence-corrected chi connectivity index (χ3v) is 5.57. The molecule has 6 nitrogen and oxygen atoms in total. The molecule has 136 valence electrons. The molecule has 1 aromatic carbocycles. The Bertz CT molecular complexity index is 632. The van der Waals surface area contributed by atoms with Crippen molar-refractivity contribution >= 4 is 17.6 Å². The molecular weight excluding hydrogens is 316 g/mol. The van der Waals surface area contributed by atoms with E-state index in [0.29, 0.717) is 25.9 Å². The normalized spacial score (nSPS) is 20.9. The number of nitrogens with one attached hydrogen (secondary N) is 1. The van der Waals surface area contributed by atoms with Crippen molar-refractivity contribution in [2.45, 2.75) is 44.6 Å². The van der Waals surface area contributed by atoms with E-state index in [-0.39, 0.29) is 11.9 Å². The Morgan fingerprint density at radius 1 is 1.08 bits per heavy atom. The van der Waals surface area contributed by atoms with E-state index in [9.17, 15) is 9.59 Å². The van der Waals surface area contributed by atoms with Gasteiger partial charge in [0.1, 0.15) is 5.54 Å². The summed E-state index contributed by atoms with van der Waals surface area (Å²) in [5.74, 6) is -0.242. The highest BCUT2D eigenvalue weighted by Gasteiger charge is 2.45. The number of carbonyl (C=O) groups excluding carboxylic acids is 2. The number of nitrogens with zero attached hydrogens (tertiary/aromatic N) is 2. The predicted octanol–water partition coefficient (Wildman–Crippen LogP) is 2.33. The van der Waals surface area contributed by atoms with Crippen molar-refractivity contribution in [1.29, 1.82) is 0 Å². The van der Waals surface area contributed by atoms with Gasteiger partial charge in [0, 0.05) is 18.8 Å². The van der Waals surface area contributed by atoms with E-state index >= 15 is 0 Å². The number of carbonyl (C=O) groups is 2. The summed E-state index contributed by atoms with van der Waals surface area (Å²) in [5, 5.41) is 2.95. The molecular formula is C19H28N4O2. The molecule has 2 aliphatic rings. The van der Waals surface area contributed by atoms with Gasteiger partial charge in [0.25, 0.3) is 0 Å². The summed E-state index contributed by atoms with van der Waals surface area (Å²) >= 11 is 0. The smallest absolute Gasteiger partial charge is 0.321 e. The minimum absolute atomic E-state index is 0.109. The van der Waals surface area contributed by atoms with Gasteiger partial charge in [-0.2, -0.15) is 0 Å². The molecule has 0 radical (unpaired) electrons. The fourth-order valence-electron chi connectivity index (χ4n) is 4.05. The monoisotopic (exact) mass is 344 g/mol. The molecule has 0 atom stereocenters. The fourth-order valence-corrected chi connectivity index (χ4v) is 4.05. The van der Waals surface area contributed by atoms with Crippen molar-refractivity contribution < 1.29 is 9.59 Å². The average Bonchev–Trinajstić information content (AvgIpc) is 2.62. The molecule has 3 rings (SSSR count). The third kappa shape index (κ3) is 3.79. The van der Waals surface area contributed by atoms with Crippen LogP contribution in [0.2, 0.25) is 0 Å². The number of rotatable bonds is 3. The molecule has 2 heterocycles. The Balaban J connectivity index is 1.63. The van der Waals surface area contributed by atoms with Crippen LogP contribution in [-0.2, 0) is 4.79 Å². The largest absolute Gasteiger partial charge is 0.368 e. The lowest BCUT2D eigenvalue weighted by atomic mass is 9.83. The van der Waals surface area contributed by atoms with E-state index in [1.54, 1.807) is 4.90 Å². The Morgan fingerprint density at radius 2 is 1.76 bits per heavy atom. The lowest BCUT2D eigenvalue weighted by molar-refractivity contribution is -0.134. The van der Waals surface area contributed by atoms with E-state index in [2.05, 4.69) is 10.2 Å². The second-order valence-corrected chi connectivity index (χ2v) is 7.23. The van der Waals surface area contributed by atoms with Gasteiger partial charge >= 0.3 is 6.03 Å². The molecule has 6 heteroatoms. The topological polar surface area (TPSA) is 78.7 Å². The Kier molecular flexibility index (Phi) is 5.27. The summed E-state index contributed by atoms with van der Waals surface area (Å²) in [6.07, 6.45) is 4.68. The molecule has 0 unspecified atom stereocenters. The molecule has 0 saturated carbocycles. The first kappa shape index (κ1) is 17.7. The zero-order chi connectivity index (χ0) is 17.9. The van der Waals surface area contributed by atoms with Gasteiger partial charge in [0.15, 0.2) is 0 Å². The number of hydrogen-bond acceptors (Lipinski definition) is 3.